The Balaban J connectivity index is 1.82. The van der Waals surface area contributed by atoms with Crippen LogP contribution in [-0.4, -0.2) is 16.1 Å². The molecule has 4 nitrogen and oxygen atoms in total. The summed E-state index contributed by atoms with van der Waals surface area (Å²) in [5, 5.41) is 9.76. The van der Waals surface area contributed by atoms with E-state index < -0.39 is 0 Å². The second-order valence-electron chi connectivity index (χ2n) is 4.71. The van der Waals surface area contributed by atoms with Crippen LogP contribution in [-0.2, 0) is 6.42 Å². The van der Waals surface area contributed by atoms with Crippen molar-refractivity contribution in [3.05, 3.63) is 52.3 Å². The Hall–Kier alpha value is -1.81. The smallest absolute Gasteiger partial charge is 0.271 e. The van der Waals surface area contributed by atoms with E-state index in [1.54, 1.807) is 0 Å². The molecule has 3 rings (SSSR count). The normalized spacial score (nSPS) is 17.8. The standard InChI is InChI=1S/C14H14ClN3O/c15-11-8-16-18-13(11)14(19)17-12-7-3-5-9-4-1-2-6-10(9)12/h1-2,4,6,8,12H,3,5,7H2,(H,16,18)(H,17,19)/t12-/m0/s1. The highest BCUT2D eigenvalue weighted by Gasteiger charge is 2.23. The number of carbonyl (C=O) groups is 1. The maximum absolute atomic E-state index is 12.1. The van der Waals surface area contributed by atoms with Crippen molar-refractivity contribution in [2.45, 2.75) is 25.3 Å². The van der Waals surface area contributed by atoms with Gasteiger partial charge in [0, 0.05) is 0 Å². The molecule has 98 valence electrons. The molecule has 1 aromatic heterocycles. The molecule has 1 aliphatic rings. The number of carbonyl (C=O) groups excluding carboxylic acids is 1. The summed E-state index contributed by atoms with van der Waals surface area (Å²) in [5.41, 5.74) is 2.84. The lowest BCUT2D eigenvalue weighted by molar-refractivity contribution is 0.0928. The first-order valence-corrected chi connectivity index (χ1v) is 6.71. The van der Waals surface area contributed by atoms with E-state index in [-0.39, 0.29) is 11.9 Å². The quantitative estimate of drug-likeness (QED) is 0.885. The zero-order chi connectivity index (χ0) is 13.2. The number of nitrogens with zero attached hydrogens (tertiary/aromatic N) is 1. The molecule has 2 aromatic rings. The highest BCUT2D eigenvalue weighted by molar-refractivity contribution is 6.33. The number of aromatic amines is 1. The van der Waals surface area contributed by atoms with Gasteiger partial charge >= 0.3 is 0 Å². The Morgan fingerprint density at radius 2 is 2.26 bits per heavy atom. The molecule has 1 amide bonds. The second kappa shape index (κ2) is 5.05. The molecule has 5 heteroatoms. The predicted molar refractivity (Wildman–Crippen MR) is 73.2 cm³/mol. The molecule has 1 aliphatic carbocycles. The fourth-order valence-corrected chi connectivity index (χ4v) is 2.74. The lowest BCUT2D eigenvalue weighted by atomic mass is 9.88. The zero-order valence-corrected chi connectivity index (χ0v) is 11.1. The van der Waals surface area contributed by atoms with Gasteiger partial charge in [-0.15, -0.1) is 0 Å². The van der Waals surface area contributed by atoms with Gasteiger partial charge < -0.3 is 5.32 Å². The number of aromatic nitrogens is 2. The number of benzene rings is 1. The largest absolute Gasteiger partial charge is 0.344 e. The van der Waals surface area contributed by atoms with Gasteiger partial charge in [-0.1, -0.05) is 35.9 Å². The number of hydrogen-bond acceptors (Lipinski definition) is 2. The summed E-state index contributed by atoms with van der Waals surface area (Å²) in [7, 11) is 0. The van der Waals surface area contributed by atoms with Gasteiger partial charge in [0.25, 0.3) is 5.91 Å². The van der Waals surface area contributed by atoms with Crippen molar-refractivity contribution < 1.29 is 4.79 Å². The summed E-state index contributed by atoms with van der Waals surface area (Å²) >= 11 is 5.90. The molecule has 1 atom stereocenters. The van der Waals surface area contributed by atoms with Crippen LogP contribution in [0.15, 0.2) is 30.5 Å². The first-order chi connectivity index (χ1) is 9.25. The molecular weight excluding hydrogens is 262 g/mol. The second-order valence-corrected chi connectivity index (χ2v) is 5.12. The van der Waals surface area contributed by atoms with Gasteiger partial charge in [-0.25, -0.2) is 0 Å². The van der Waals surface area contributed by atoms with Crippen LogP contribution in [0.4, 0.5) is 0 Å². The molecule has 0 spiro atoms. The minimum atomic E-state index is -0.204. The third-order valence-corrected chi connectivity index (χ3v) is 3.78. The fraction of sp³-hybridized carbons (Fsp3) is 0.286. The lowest BCUT2D eigenvalue weighted by Crippen LogP contribution is -2.31. The van der Waals surface area contributed by atoms with Gasteiger partial charge in [-0.2, -0.15) is 5.10 Å². The molecular formula is C14H14ClN3O. The summed E-state index contributed by atoms with van der Waals surface area (Å²) in [6, 6.07) is 8.29. The van der Waals surface area contributed by atoms with Crippen LogP contribution in [0, 0.1) is 0 Å². The van der Waals surface area contributed by atoms with Gasteiger partial charge in [-0.05, 0) is 30.4 Å². The van der Waals surface area contributed by atoms with E-state index in [0.29, 0.717) is 10.7 Å². The summed E-state index contributed by atoms with van der Waals surface area (Å²) in [4.78, 5) is 12.1. The molecule has 19 heavy (non-hydrogen) atoms. The molecule has 0 radical (unpaired) electrons. The van der Waals surface area contributed by atoms with E-state index in [9.17, 15) is 4.79 Å². The van der Waals surface area contributed by atoms with Crippen LogP contribution >= 0.6 is 11.6 Å². The van der Waals surface area contributed by atoms with E-state index in [0.717, 1.165) is 19.3 Å². The Morgan fingerprint density at radius 3 is 3.05 bits per heavy atom. The minimum Gasteiger partial charge on any atom is -0.344 e. The maximum atomic E-state index is 12.1. The Morgan fingerprint density at radius 1 is 1.42 bits per heavy atom. The molecule has 2 N–H and O–H groups in total. The number of H-pyrrole nitrogens is 1. The Bertz CT molecular complexity index is 608. The van der Waals surface area contributed by atoms with E-state index in [1.165, 1.54) is 17.3 Å². The number of amides is 1. The van der Waals surface area contributed by atoms with Crippen LogP contribution < -0.4 is 5.32 Å². The Labute approximate surface area is 116 Å². The third kappa shape index (κ3) is 2.36. The van der Waals surface area contributed by atoms with Crippen LogP contribution in [0.1, 0.15) is 40.5 Å². The van der Waals surface area contributed by atoms with E-state index in [4.69, 9.17) is 11.6 Å². The SMILES string of the molecule is O=C(N[C@H]1CCCc2ccccc21)c1[nH]ncc1Cl. The first-order valence-electron chi connectivity index (χ1n) is 6.33. The van der Waals surface area contributed by atoms with Crippen molar-refractivity contribution >= 4 is 17.5 Å². The molecule has 0 fully saturated rings. The van der Waals surface area contributed by atoms with E-state index >= 15 is 0 Å². The molecule has 1 heterocycles. The zero-order valence-electron chi connectivity index (χ0n) is 10.3. The van der Waals surface area contributed by atoms with Crippen molar-refractivity contribution in [1.29, 1.82) is 0 Å². The summed E-state index contributed by atoms with van der Waals surface area (Å²) in [6.07, 6.45) is 4.55. The van der Waals surface area contributed by atoms with Crippen LogP contribution in [0.5, 0.6) is 0 Å². The third-order valence-electron chi connectivity index (χ3n) is 3.49. The van der Waals surface area contributed by atoms with Crippen molar-refractivity contribution in [2.24, 2.45) is 0 Å². The molecule has 0 saturated heterocycles. The van der Waals surface area contributed by atoms with Gasteiger partial charge in [0.2, 0.25) is 0 Å². The lowest BCUT2D eigenvalue weighted by Gasteiger charge is -2.26. The van der Waals surface area contributed by atoms with Crippen molar-refractivity contribution in [3.63, 3.8) is 0 Å². The van der Waals surface area contributed by atoms with Gasteiger partial charge in [0.15, 0.2) is 0 Å². The average molecular weight is 276 g/mol. The minimum absolute atomic E-state index is 0.0526. The number of rotatable bonds is 2. The number of hydrogen-bond donors (Lipinski definition) is 2. The first kappa shape index (κ1) is 12.2. The Kier molecular flexibility index (Phi) is 3.25. The number of nitrogens with one attached hydrogen (secondary N) is 2. The van der Waals surface area contributed by atoms with Gasteiger partial charge in [0.05, 0.1) is 17.3 Å². The molecule has 0 saturated carbocycles. The van der Waals surface area contributed by atoms with Crippen molar-refractivity contribution in [2.75, 3.05) is 0 Å². The number of halogens is 1. The molecule has 1 aromatic carbocycles. The van der Waals surface area contributed by atoms with E-state index in [2.05, 4.69) is 27.6 Å². The van der Waals surface area contributed by atoms with Crippen molar-refractivity contribution in [1.82, 2.24) is 15.5 Å². The summed E-state index contributed by atoms with van der Waals surface area (Å²) in [5.74, 6) is -0.204. The molecule has 0 unspecified atom stereocenters. The topological polar surface area (TPSA) is 57.8 Å². The van der Waals surface area contributed by atoms with Gasteiger partial charge in [-0.3, -0.25) is 9.89 Å². The van der Waals surface area contributed by atoms with E-state index in [1.807, 2.05) is 12.1 Å². The highest BCUT2D eigenvalue weighted by Crippen LogP contribution is 2.29. The number of aryl methyl sites for hydroxylation is 1. The summed E-state index contributed by atoms with van der Waals surface area (Å²) < 4.78 is 0. The molecule has 0 bridgehead atoms. The maximum Gasteiger partial charge on any atom is 0.271 e. The van der Waals surface area contributed by atoms with Crippen LogP contribution in [0.25, 0.3) is 0 Å². The fourth-order valence-electron chi connectivity index (χ4n) is 2.56. The van der Waals surface area contributed by atoms with Crippen LogP contribution in [0.2, 0.25) is 5.02 Å². The van der Waals surface area contributed by atoms with Crippen LogP contribution in [0.3, 0.4) is 0 Å². The number of fused-ring (bicyclic) bond motifs is 1. The average Bonchev–Trinajstić information content (AvgIpc) is 2.85. The summed E-state index contributed by atoms with van der Waals surface area (Å²) in [6.45, 7) is 0. The predicted octanol–water partition coefficient (Wildman–Crippen LogP) is 2.87. The highest BCUT2D eigenvalue weighted by atomic mass is 35.5. The van der Waals surface area contributed by atoms with Gasteiger partial charge in [0.1, 0.15) is 5.69 Å². The monoisotopic (exact) mass is 275 g/mol. The molecule has 0 aliphatic heterocycles. The van der Waals surface area contributed by atoms with Crippen molar-refractivity contribution in [3.8, 4) is 0 Å².